The van der Waals surface area contributed by atoms with E-state index in [1.807, 2.05) is 6.92 Å². The highest BCUT2D eigenvalue weighted by Crippen LogP contribution is 2.24. The van der Waals surface area contributed by atoms with Gasteiger partial charge in [0.1, 0.15) is 18.0 Å². The van der Waals surface area contributed by atoms with Gasteiger partial charge in [0, 0.05) is 37.8 Å². The van der Waals surface area contributed by atoms with Gasteiger partial charge >= 0.3 is 0 Å². The summed E-state index contributed by atoms with van der Waals surface area (Å²) in [5, 5.41) is 4.20. The molecular formula is C19H23BrN4O4. The predicted molar refractivity (Wildman–Crippen MR) is 107 cm³/mol. The van der Waals surface area contributed by atoms with Crippen molar-refractivity contribution in [2.24, 2.45) is 0 Å². The first-order valence-electron chi connectivity index (χ1n) is 8.91. The highest BCUT2D eigenvalue weighted by molar-refractivity contribution is 9.10. The van der Waals surface area contributed by atoms with E-state index in [0.717, 1.165) is 10.2 Å². The number of carbonyl (C=O) groups is 2. The summed E-state index contributed by atoms with van der Waals surface area (Å²) in [6.45, 7) is 4.04. The molecule has 8 nitrogen and oxygen atoms in total. The van der Waals surface area contributed by atoms with Crippen LogP contribution in [0.15, 0.2) is 28.9 Å². The zero-order valence-corrected chi connectivity index (χ0v) is 17.7. The summed E-state index contributed by atoms with van der Waals surface area (Å²) in [4.78, 5) is 28.9. The maximum absolute atomic E-state index is 12.8. The summed E-state index contributed by atoms with van der Waals surface area (Å²) < 4.78 is 13.0. The van der Waals surface area contributed by atoms with Crippen LogP contribution in [0.2, 0.25) is 0 Å². The van der Waals surface area contributed by atoms with Crippen LogP contribution >= 0.6 is 15.9 Å². The van der Waals surface area contributed by atoms with Crippen molar-refractivity contribution < 1.29 is 19.1 Å². The first-order valence-corrected chi connectivity index (χ1v) is 9.70. The molecule has 28 heavy (non-hydrogen) atoms. The summed E-state index contributed by atoms with van der Waals surface area (Å²) in [5.41, 5.74) is 1.42. The molecule has 1 aromatic heterocycles. The lowest BCUT2D eigenvalue weighted by Crippen LogP contribution is -2.51. The van der Waals surface area contributed by atoms with E-state index in [1.165, 1.54) is 0 Å². The number of amides is 2. The zero-order chi connectivity index (χ0) is 20.3. The van der Waals surface area contributed by atoms with Crippen LogP contribution in [-0.2, 0) is 11.3 Å². The molecular weight excluding hydrogens is 428 g/mol. The van der Waals surface area contributed by atoms with Crippen LogP contribution in [0.4, 0.5) is 0 Å². The molecule has 9 heteroatoms. The van der Waals surface area contributed by atoms with Crippen molar-refractivity contribution in [3.8, 4) is 11.5 Å². The molecule has 0 aliphatic carbocycles. The van der Waals surface area contributed by atoms with Gasteiger partial charge in [-0.25, -0.2) is 0 Å². The number of carbonyl (C=O) groups excluding carboxylic acids is 2. The second-order valence-electron chi connectivity index (χ2n) is 6.51. The van der Waals surface area contributed by atoms with E-state index in [0.29, 0.717) is 43.2 Å². The van der Waals surface area contributed by atoms with E-state index < -0.39 is 0 Å². The molecule has 1 saturated heterocycles. The van der Waals surface area contributed by atoms with Crippen LogP contribution in [0.25, 0.3) is 0 Å². The maximum atomic E-state index is 12.8. The van der Waals surface area contributed by atoms with E-state index in [9.17, 15) is 9.59 Å². The number of benzene rings is 1. The molecule has 150 valence electrons. The minimum atomic E-state index is -0.101. The fraction of sp³-hybridized carbons (Fsp3) is 0.421. The fourth-order valence-electron chi connectivity index (χ4n) is 3.08. The minimum absolute atomic E-state index is 0.00570. The van der Waals surface area contributed by atoms with Crippen LogP contribution in [-0.4, -0.2) is 71.8 Å². The van der Waals surface area contributed by atoms with Crippen molar-refractivity contribution in [2.75, 3.05) is 40.4 Å². The van der Waals surface area contributed by atoms with Gasteiger partial charge < -0.3 is 19.3 Å². The SMILES string of the molecule is COc1cc(OC)cc(C(=O)N2CCN(C(=O)Cn3ncc(Br)c3C)CC2)c1. The number of aromatic nitrogens is 2. The molecule has 3 rings (SSSR count). The molecule has 2 heterocycles. The number of hydrogen-bond acceptors (Lipinski definition) is 5. The Hall–Kier alpha value is -2.55. The average Bonchev–Trinajstić information content (AvgIpc) is 3.04. The second-order valence-corrected chi connectivity index (χ2v) is 7.36. The van der Waals surface area contributed by atoms with Gasteiger partial charge in [-0.3, -0.25) is 14.3 Å². The van der Waals surface area contributed by atoms with E-state index in [2.05, 4.69) is 21.0 Å². The lowest BCUT2D eigenvalue weighted by Gasteiger charge is -2.35. The summed E-state index contributed by atoms with van der Waals surface area (Å²) >= 11 is 3.40. The number of hydrogen-bond donors (Lipinski definition) is 0. The lowest BCUT2D eigenvalue weighted by molar-refractivity contribution is -0.133. The molecule has 0 bridgehead atoms. The Morgan fingerprint density at radius 1 is 1.04 bits per heavy atom. The quantitative estimate of drug-likeness (QED) is 0.695. The van der Waals surface area contributed by atoms with Crippen molar-refractivity contribution >= 4 is 27.7 Å². The number of halogens is 1. The Bertz CT molecular complexity index is 853. The third-order valence-electron chi connectivity index (χ3n) is 4.85. The largest absolute Gasteiger partial charge is 0.497 e. The fourth-order valence-corrected chi connectivity index (χ4v) is 3.38. The zero-order valence-electron chi connectivity index (χ0n) is 16.1. The standard InChI is InChI=1S/C19H23BrN4O4/c1-13-17(20)11-21-24(13)12-18(25)22-4-6-23(7-5-22)19(26)14-8-15(27-2)10-16(9-14)28-3/h8-11H,4-7,12H2,1-3H3. The van der Waals surface area contributed by atoms with Gasteiger partial charge in [-0.05, 0) is 35.0 Å². The van der Waals surface area contributed by atoms with Crippen molar-refractivity contribution in [2.45, 2.75) is 13.5 Å². The Morgan fingerprint density at radius 2 is 1.61 bits per heavy atom. The van der Waals surface area contributed by atoms with Gasteiger partial charge in [0.15, 0.2) is 0 Å². The average molecular weight is 451 g/mol. The predicted octanol–water partition coefficient (Wildman–Crippen LogP) is 1.96. The van der Waals surface area contributed by atoms with Crippen LogP contribution in [0.5, 0.6) is 11.5 Å². The van der Waals surface area contributed by atoms with Crippen LogP contribution in [0, 0.1) is 6.92 Å². The lowest BCUT2D eigenvalue weighted by atomic mass is 10.1. The highest BCUT2D eigenvalue weighted by Gasteiger charge is 2.26. The van der Waals surface area contributed by atoms with Crippen molar-refractivity contribution in [1.82, 2.24) is 19.6 Å². The molecule has 0 atom stereocenters. The molecule has 0 spiro atoms. The highest BCUT2D eigenvalue weighted by atomic mass is 79.9. The van der Waals surface area contributed by atoms with E-state index >= 15 is 0 Å². The molecule has 1 fully saturated rings. The summed E-state index contributed by atoms with van der Waals surface area (Å²) in [6.07, 6.45) is 1.68. The van der Waals surface area contributed by atoms with Gasteiger partial charge in [-0.1, -0.05) is 0 Å². The first kappa shape index (κ1) is 20.2. The van der Waals surface area contributed by atoms with Crippen LogP contribution in [0.3, 0.4) is 0 Å². The number of ether oxygens (including phenoxy) is 2. The molecule has 0 unspecified atom stereocenters. The summed E-state index contributed by atoms with van der Waals surface area (Å²) in [7, 11) is 3.10. The second kappa shape index (κ2) is 8.64. The summed E-state index contributed by atoms with van der Waals surface area (Å²) in [6, 6.07) is 5.12. The molecule has 1 aliphatic heterocycles. The Labute approximate surface area is 172 Å². The van der Waals surface area contributed by atoms with Gasteiger partial charge in [-0.2, -0.15) is 5.10 Å². The molecule has 0 radical (unpaired) electrons. The monoisotopic (exact) mass is 450 g/mol. The molecule has 2 aromatic rings. The Balaban J connectivity index is 1.61. The number of rotatable bonds is 5. The Kier molecular flexibility index (Phi) is 6.23. The first-order chi connectivity index (χ1) is 13.4. The maximum Gasteiger partial charge on any atom is 0.254 e. The third-order valence-corrected chi connectivity index (χ3v) is 5.62. The minimum Gasteiger partial charge on any atom is -0.497 e. The van der Waals surface area contributed by atoms with E-state index in [1.54, 1.807) is 53.1 Å². The molecule has 0 saturated carbocycles. The molecule has 2 amide bonds. The number of nitrogens with zero attached hydrogens (tertiary/aromatic N) is 4. The van der Waals surface area contributed by atoms with Gasteiger partial charge in [0.05, 0.1) is 30.6 Å². The topological polar surface area (TPSA) is 76.9 Å². The molecule has 1 aliphatic rings. The van der Waals surface area contributed by atoms with Crippen molar-refractivity contribution in [3.63, 3.8) is 0 Å². The Morgan fingerprint density at radius 3 is 2.11 bits per heavy atom. The number of piperazine rings is 1. The molecule has 1 aromatic carbocycles. The van der Waals surface area contributed by atoms with E-state index in [4.69, 9.17) is 9.47 Å². The van der Waals surface area contributed by atoms with E-state index in [-0.39, 0.29) is 18.4 Å². The molecule has 0 N–H and O–H groups in total. The van der Waals surface area contributed by atoms with Gasteiger partial charge in [0.25, 0.3) is 5.91 Å². The summed E-state index contributed by atoms with van der Waals surface area (Å²) in [5.74, 6) is 1.03. The van der Waals surface area contributed by atoms with Gasteiger partial charge in [0.2, 0.25) is 5.91 Å². The van der Waals surface area contributed by atoms with Crippen LogP contribution < -0.4 is 9.47 Å². The van der Waals surface area contributed by atoms with Crippen molar-refractivity contribution in [3.05, 3.63) is 40.1 Å². The normalized spacial score (nSPS) is 14.1. The third kappa shape index (κ3) is 4.30. The number of methoxy groups -OCH3 is 2. The van der Waals surface area contributed by atoms with Crippen LogP contribution in [0.1, 0.15) is 16.1 Å². The smallest absolute Gasteiger partial charge is 0.254 e. The van der Waals surface area contributed by atoms with Crippen molar-refractivity contribution in [1.29, 1.82) is 0 Å². The van der Waals surface area contributed by atoms with Gasteiger partial charge in [-0.15, -0.1) is 0 Å².